The molecule has 2 aliphatic rings. The maximum atomic E-state index is 13.4. The van der Waals surface area contributed by atoms with Crippen molar-refractivity contribution in [3.05, 3.63) is 76.2 Å². The van der Waals surface area contributed by atoms with Crippen molar-refractivity contribution in [2.75, 3.05) is 26.3 Å². The minimum Gasteiger partial charge on any atom is -0.384 e. The van der Waals surface area contributed by atoms with Crippen LogP contribution in [0.1, 0.15) is 40.3 Å². The quantitative estimate of drug-likeness (QED) is 0.241. The average Bonchev–Trinajstić information content (AvgIpc) is 3.73. The molecule has 3 amide bonds. The van der Waals surface area contributed by atoms with Gasteiger partial charge in [0.05, 0.1) is 32.3 Å². The second kappa shape index (κ2) is 11.5. The third-order valence-corrected chi connectivity index (χ3v) is 8.06. The lowest BCUT2D eigenvalue weighted by Crippen LogP contribution is -2.49. The van der Waals surface area contributed by atoms with Crippen LogP contribution in [0.4, 0.5) is 0 Å². The summed E-state index contributed by atoms with van der Waals surface area (Å²) in [6, 6.07) is 13.6. The summed E-state index contributed by atoms with van der Waals surface area (Å²) in [6.45, 7) is 2.33. The maximum Gasteiger partial charge on any atom is 0.270 e. The molecule has 1 aromatic carbocycles. The summed E-state index contributed by atoms with van der Waals surface area (Å²) >= 11 is 1.39. The van der Waals surface area contributed by atoms with Crippen molar-refractivity contribution in [1.29, 1.82) is 5.41 Å². The van der Waals surface area contributed by atoms with Crippen molar-refractivity contribution in [2.24, 2.45) is 5.73 Å². The highest BCUT2D eigenvalue weighted by Gasteiger charge is 2.52. The summed E-state index contributed by atoms with van der Waals surface area (Å²) in [7, 11) is 0. The van der Waals surface area contributed by atoms with Gasteiger partial charge in [-0.25, -0.2) is 0 Å². The summed E-state index contributed by atoms with van der Waals surface area (Å²) in [4.78, 5) is 45.8. The van der Waals surface area contributed by atoms with Gasteiger partial charge in [0.1, 0.15) is 17.6 Å². The van der Waals surface area contributed by atoms with Crippen LogP contribution in [-0.2, 0) is 19.1 Å². The molecule has 4 heterocycles. The molecule has 1 spiro atoms. The number of nitrogens with one attached hydrogen (secondary N) is 3. The minimum atomic E-state index is -1.05. The number of carbonyl (C=O) groups is 3. The molecule has 0 radical (unpaired) electrons. The lowest BCUT2D eigenvalue weighted by Gasteiger charge is -2.25. The highest BCUT2D eigenvalue weighted by atomic mass is 32.1. The Labute approximate surface area is 235 Å². The van der Waals surface area contributed by atoms with E-state index in [1.54, 1.807) is 29.8 Å². The molecular formula is C28H30N6O5S. The van der Waals surface area contributed by atoms with E-state index in [2.05, 4.69) is 15.6 Å². The van der Waals surface area contributed by atoms with Crippen molar-refractivity contribution in [2.45, 2.75) is 31.2 Å². The zero-order chi connectivity index (χ0) is 28.3. The first-order valence-electron chi connectivity index (χ1n) is 12.8. The van der Waals surface area contributed by atoms with Crippen molar-refractivity contribution in [3.8, 4) is 11.1 Å². The molecule has 2 aromatic heterocycles. The fraction of sp³-hybridized carbons (Fsp3) is 0.321. The summed E-state index contributed by atoms with van der Waals surface area (Å²) < 4.78 is 11.6. The molecule has 40 heavy (non-hydrogen) atoms. The molecule has 2 fully saturated rings. The van der Waals surface area contributed by atoms with Gasteiger partial charge in [-0.2, -0.15) is 0 Å². The maximum absolute atomic E-state index is 13.4. The van der Waals surface area contributed by atoms with Gasteiger partial charge in [0.2, 0.25) is 11.8 Å². The molecule has 0 aliphatic carbocycles. The van der Waals surface area contributed by atoms with Crippen LogP contribution in [0.3, 0.4) is 0 Å². The average molecular weight is 563 g/mol. The largest absolute Gasteiger partial charge is 0.384 e. The summed E-state index contributed by atoms with van der Waals surface area (Å²) in [5.74, 6) is -2.39. The van der Waals surface area contributed by atoms with E-state index in [1.165, 1.54) is 16.2 Å². The Bertz CT molecular complexity index is 1400. The highest BCUT2D eigenvalue weighted by molar-refractivity contribution is 7.10. The predicted molar refractivity (Wildman–Crippen MR) is 149 cm³/mol. The molecule has 2 atom stereocenters. The molecule has 0 unspecified atom stereocenters. The zero-order valence-electron chi connectivity index (χ0n) is 21.9. The number of aromatic nitrogens is 1. The van der Waals surface area contributed by atoms with E-state index in [9.17, 15) is 14.4 Å². The van der Waals surface area contributed by atoms with Crippen LogP contribution in [0.25, 0.3) is 11.1 Å². The Balaban J connectivity index is 1.23. The van der Waals surface area contributed by atoms with Gasteiger partial charge in [0.15, 0.2) is 5.79 Å². The summed E-state index contributed by atoms with van der Waals surface area (Å²) in [6.07, 6.45) is 1.79. The number of nitrogens with zero attached hydrogens (tertiary/aromatic N) is 2. The molecule has 0 saturated carbocycles. The van der Waals surface area contributed by atoms with Crippen LogP contribution in [0, 0.1) is 5.41 Å². The number of likely N-dealkylation sites (tertiary alicyclic amines) is 1. The number of amides is 3. The van der Waals surface area contributed by atoms with Gasteiger partial charge >= 0.3 is 0 Å². The number of benzene rings is 1. The van der Waals surface area contributed by atoms with Crippen LogP contribution in [0.15, 0.2) is 60.1 Å². The molecule has 2 saturated heterocycles. The molecule has 208 valence electrons. The van der Waals surface area contributed by atoms with Crippen LogP contribution in [0.2, 0.25) is 0 Å². The van der Waals surface area contributed by atoms with E-state index in [0.29, 0.717) is 18.8 Å². The van der Waals surface area contributed by atoms with E-state index in [0.717, 1.165) is 16.0 Å². The molecular weight excluding hydrogens is 532 g/mol. The van der Waals surface area contributed by atoms with Crippen molar-refractivity contribution in [3.63, 3.8) is 0 Å². The second-order valence-electron chi connectivity index (χ2n) is 9.71. The number of nitrogen functional groups attached to an aromatic ring is 1. The van der Waals surface area contributed by atoms with Gasteiger partial charge in [-0.15, -0.1) is 11.3 Å². The van der Waals surface area contributed by atoms with Crippen molar-refractivity contribution < 1.29 is 23.9 Å². The lowest BCUT2D eigenvalue weighted by atomic mass is 10.1. The van der Waals surface area contributed by atoms with Gasteiger partial charge in [0, 0.05) is 34.0 Å². The van der Waals surface area contributed by atoms with Gasteiger partial charge in [-0.1, -0.05) is 36.4 Å². The van der Waals surface area contributed by atoms with E-state index < -0.39 is 23.6 Å². The summed E-state index contributed by atoms with van der Waals surface area (Å²) in [5, 5.41) is 14.9. The van der Waals surface area contributed by atoms with Gasteiger partial charge in [0.25, 0.3) is 5.91 Å². The lowest BCUT2D eigenvalue weighted by molar-refractivity contribution is -0.152. The third kappa shape index (κ3) is 5.88. The fourth-order valence-corrected chi connectivity index (χ4v) is 5.74. The SMILES string of the molecule is C[C@H](NC(=O)[C@@H]1CC2(CN1C(=O)CNC(=O)c1ccc(-c3ccccc3)cn1)OCCO2)c1cc(C(=N)N)cs1. The fourth-order valence-electron chi connectivity index (χ4n) is 4.82. The topological polar surface area (TPSA) is 160 Å². The standard InChI is InChI=1S/C28H30N6O5S/c1-17(23-11-20(15-40-23)25(29)30)33-27(37)22-12-28(38-9-10-39-28)16-34(22)24(35)14-32-26(36)21-8-7-19(13-31-21)18-5-3-2-4-6-18/h2-8,11,13,15,17,22H,9-10,12,14,16H2,1H3,(H3,29,30)(H,32,36)(H,33,37)/t17-,22-/m0/s1. The van der Waals surface area contributed by atoms with Crippen molar-refractivity contribution >= 4 is 34.9 Å². The first kappa shape index (κ1) is 27.4. The molecule has 5 N–H and O–H groups in total. The van der Waals surface area contributed by atoms with E-state index >= 15 is 0 Å². The van der Waals surface area contributed by atoms with Crippen LogP contribution in [0.5, 0.6) is 0 Å². The van der Waals surface area contributed by atoms with Crippen LogP contribution >= 0.6 is 11.3 Å². The van der Waals surface area contributed by atoms with Gasteiger partial charge in [-0.05, 0) is 24.6 Å². The Morgan fingerprint density at radius 1 is 1.18 bits per heavy atom. The number of carbonyl (C=O) groups excluding carboxylic acids is 3. The predicted octanol–water partition coefficient (Wildman–Crippen LogP) is 2.05. The number of pyridine rings is 1. The number of ether oxygens (including phenoxy) is 2. The van der Waals surface area contributed by atoms with Crippen LogP contribution < -0.4 is 16.4 Å². The van der Waals surface area contributed by atoms with E-state index in [1.807, 2.05) is 37.3 Å². The van der Waals surface area contributed by atoms with E-state index in [4.69, 9.17) is 20.6 Å². The van der Waals surface area contributed by atoms with Gasteiger partial charge < -0.3 is 30.7 Å². The molecule has 11 nitrogen and oxygen atoms in total. The molecule has 5 rings (SSSR count). The monoisotopic (exact) mass is 562 g/mol. The highest BCUT2D eigenvalue weighted by Crippen LogP contribution is 2.35. The first-order chi connectivity index (χ1) is 19.2. The number of nitrogens with two attached hydrogens (primary N) is 1. The van der Waals surface area contributed by atoms with Crippen molar-refractivity contribution in [1.82, 2.24) is 20.5 Å². The second-order valence-corrected chi connectivity index (χ2v) is 10.7. The Kier molecular flexibility index (Phi) is 7.92. The number of rotatable bonds is 8. The Hall–Kier alpha value is -4.13. The van der Waals surface area contributed by atoms with Crippen LogP contribution in [-0.4, -0.2) is 71.6 Å². The molecule has 0 bridgehead atoms. The summed E-state index contributed by atoms with van der Waals surface area (Å²) in [5.41, 5.74) is 8.18. The van der Waals surface area contributed by atoms with E-state index in [-0.39, 0.29) is 43.0 Å². The number of hydrogen-bond acceptors (Lipinski definition) is 8. The third-order valence-electron chi connectivity index (χ3n) is 6.95. The molecule has 2 aliphatic heterocycles. The molecule has 12 heteroatoms. The Morgan fingerprint density at radius 3 is 2.58 bits per heavy atom. The number of thiophene rings is 1. The normalized spacial score (nSPS) is 18.4. The Morgan fingerprint density at radius 2 is 1.93 bits per heavy atom. The number of amidine groups is 1. The minimum absolute atomic E-state index is 0.0459. The number of hydrogen-bond donors (Lipinski definition) is 4. The first-order valence-corrected chi connectivity index (χ1v) is 13.7. The smallest absolute Gasteiger partial charge is 0.270 e. The van der Waals surface area contributed by atoms with Gasteiger partial charge in [-0.3, -0.25) is 24.8 Å². The molecule has 3 aromatic rings. The zero-order valence-corrected chi connectivity index (χ0v) is 22.7.